The molecule has 1 unspecified atom stereocenters. The van der Waals surface area contributed by atoms with E-state index in [0.717, 1.165) is 5.56 Å². The van der Waals surface area contributed by atoms with Crippen LogP contribution in [-0.4, -0.2) is 60.5 Å². The Balaban J connectivity index is 2.13. The molecular formula is C17H22N4O3. The molecule has 0 fully saturated rings. The third-order valence-electron chi connectivity index (χ3n) is 3.80. The Morgan fingerprint density at radius 2 is 1.92 bits per heavy atom. The standard InChI is InChI=1S/C17H22N4O3/c1-20(2)17(24)14(11-12-7-5-4-6-8-12)18-16(23)13-9-10-15(22)21(3)19-13/h4-8,14H,9-11H2,1-3H3,(H,18,23). The van der Waals surface area contributed by atoms with Crippen molar-refractivity contribution in [1.82, 2.24) is 15.2 Å². The molecule has 0 bridgehead atoms. The Hall–Kier alpha value is -2.70. The molecule has 0 saturated heterocycles. The zero-order chi connectivity index (χ0) is 17.7. The summed E-state index contributed by atoms with van der Waals surface area (Å²) in [6.45, 7) is 0. The zero-order valence-electron chi connectivity index (χ0n) is 14.2. The van der Waals surface area contributed by atoms with Crippen LogP contribution in [0.25, 0.3) is 0 Å². The summed E-state index contributed by atoms with van der Waals surface area (Å²) < 4.78 is 0. The lowest BCUT2D eigenvalue weighted by atomic mass is 10.0. The Labute approximate surface area is 141 Å². The number of carbonyl (C=O) groups excluding carboxylic acids is 3. The van der Waals surface area contributed by atoms with E-state index in [1.807, 2.05) is 30.3 Å². The lowest BCUT2D eigenvalue weighted by Gasteiger charge is -2.24. The van der Waals surface area contributed by atoms with Gasteiger partial charge in [0.2, 0.25) is 11.8 Å². The molecule has 0 aromatic heterocycles. The van der Waals surface area contributed by atoms with Crippen LogP contribution in [0.15, 0.2) is 35.4 Å². The molecule has 1 aromatic rings. The first-order chi connectivity index (χ1) is 11.4. The van der Waals surface area contributed by atoms with Crippen LogP contribution in [0.1, 0.15) is 18.4 Å². The summed E-state index contributed by atoms with van der Waals surface area (Å²) in [4.78, 5) is 37.7. The quantitative estimate of drug-likeness (QED) is 0.849. The molecule has 3 amide bonds. The number of hydrazone groups is 1. The summed E-state index contributed by atoms with van der Waals surface area (Å²) in [6.07, 6.45) is 0.919. The van der Waals surface area contributed by atoms with Gasteiger partial charge >= 0.3 is 0 Å². The Bertz CT molecular complexity index is 655. The van der Waals surface area contributed by atoms with E-state index in [9.17, 15) is 14.4 Å². The Kier molecular flexibility index (Phi) is 5.68. The number of hydrogen-bond donors (Lipinski definition) is 1. The number of likely N-dealkylation sites (N-methyl/N-ethyl adjacent to an activating group) is 1. The molecule has 0 radical (unpaired) electrons. The largest absolute Gasteiger partial charge is 0.347 e. The first-order valence-electron chi connectivity index (χ1n) is 7.78. The molecule has 2 rings (SSSR count). The van der Waals surface area contributed by atoms with Crippen LogP contribution in [-0.2, 0) is 20.8 Å². The Morgan fingerprint density at radius 3 is 2.50 bits per heavy atom. The van der Waals surface area contributed by atoms with Crippen molar-refractivity contribution in [3.63, 3.8) is 0 Å². The van der Waals surface area contributed by atoms with Gasteiger partial charge in [-0.05, 0) is 5.56 Å². The van der Waals surface area contributed by atoms with Crippen molar-refractivity contribution in [2.75, 3.05) is 21.1 Å². The number of hydrogen-bond acceptors (Lipinski definition) is 4. The fraction of sp³-hybridized carbons (Fsp3) is 0.412. The third-order valence-corrected chi connectivity index (χ3v) is 3.80. The number of nitrogens with one attached hydrogen (secondary N) is 1. The van der Waals surface area contributed by atoms with Crippen LogP contribution in [0.2, 0.25) is 0 Å². The molecule has 1 aliphatic heterocycles. The summed E-state index contributed by atoms with van der Waals surface area (Å²) in [5, 5.41) is 7.91. The van der Waals surface area contributed by atoms with Gasteiger partial charge in [-0.3, -0.25) is 14.4 Å². The molecule has 0 spiro atoms. The summed E-state index contributed by atoms with van der Waals surface area (Å²) in [7, 11) is 4.81. The molecule has 24 heavy (non-hydrogen) atoms. The highest BCUT2D eigenvalue weighted by molar-refractivity contribution is 6.39. The van der Waals surface area contributed by atoms with E-state index in [1.165, 1.54) is 17.0 Å². The molecular weight excluding hydrogens is 308 g/mol. The SMILES string of the molecule is CN(C)C(=O)C(Cc1ccccc1)NC(=O)C1=NN(C)C(=O)CC1. The first-order valence-corrected chi connectivity index (χ1v) is 7.78. The average Bonchev–Trinajstić information content (AvgIpc) is 2.56. The fourth-order valence-corrected chi connectivity index (χ4v) is 2.44. The molecule has 128 valence electrons. The number of amides is 3. The molecule has 7 nitrogen and oxygen atoms in total. The maximum absolute atomic E-state index is 12.4. The minimum atomic E-state index is -0.680. The van der Waals surface area contributed by atoms with E-state index in [1.54, 1.807) is 14.1 Å². The van der Waals surface area contributed by atoms with Crippen LogP contribution in [0.3, 0.4) is 0 Å². The predicted octanol–water partition coefficient (Wildman–Crippen LogP) is 0.410. The van der Waals surface area contributed by atoms with Gasteiger partial charge in [0.25, 0.3) is 5.91 Å². The van der Waals surface area contributed by atoms with Crippen molar-refractivity contribution < 1.29 is 14.4 Å². The van der Waals surface area contributed by atoms with Crippen LogP contribution < -0.4 is 5.32 Å². The molecule has 1 N–H and O–H groups in total. The number of rotatable bonds is 5. The van der Waals surface area contributed by atoms with E-state index >= 15 is 0 Å². The molecule has 7 heteroatoms. The number of carbonyl (C=O) groups is 3. The highest BCUT2D eigenvalue weighted by Crippen LogP contribution is 2.09. The third kappa shape index (κ3) is 4.41. The maximum Gasteiger partial charge on any atom is 0.268 e. The van der Waals surface area contributed by atoms with Gasteiger partial charge in [0.05, 0.1) is 0 Å². The maximum atomic E-state index is 12.4. The molecule has 0 saturated carbocycles. The minimum absolute atomic E-state index is 0.128. The summed E-state index contributed by atoms with van der Waals surface area (Å²) in [6, 6.07) is 8.81. The normalized spacial score (nSPS) is 15.5. The van der Waals surface area contributed by atoms with Crippen molar-refractivity contribution in [3.05, 3.63) is 35.9 Å². The molecule has 1 heterocycles. The van der Waals surface area contributed by atoms with Gasteiger partial charge in [0.15, 0.2) is 0 Å². The number of benzene rings is 1. The highest BCUT2D eigenvalue weighted by Gasteiger charge is 2.27. The van der Waals surface area contributed by atoms with Gasteiger partial charge in [-0.15, -0.1) is 0 Å². The van der Waals surface area contributed by atoms with E-state index in [4.69, 9.17) is 0 Å². The van der Waals surface area contributed by atoms with Gasteiger partial charge in [-0.25, -0.2) is 5.01 Å². The van der Waals surface area contributed by atoms with Gasteiger partial charge in [0, 0.05) is 40.4 Å². The number of nitrogens with zero attached hydrogens (tertiary/aromatic N) is 3. The average molecular weight is 330 g/mol. The molecule has 0 aliphatic carbocycles. The van der Waals surface area contributed by atoms with Crippen LogP contribution in [0.5, 0.6) is 0 Å². The molecule has 1 atom stereocenters. The predicted molar refractivity (Wildman–Crippen MR) is 90.2 cm³/mol. The van der Waals surface area contributed by atoms with Crippen molar-refractivity contribution in [2.45, 2.75) is 25.3 Å². The van der Waals surface area contributed by atoms with Crippen molar-refractivity contribution >= 4 is 23.4 Å². The molecule has 1 aromatic carbocycles. The van der Waals surface area contributed by atoms with Gasteiger partial charge in [0.1, 0.15) is 11.8 Å². The Morgan fingerprint density at radius 1 is 1.25 bits per heavy atom. The lowest BCUT2D eigenvalue weighted by molar-refractivity contribution is -0.133. The first kappa shape index (κ1) is 17.7. The summed E-state index contributed by atoms with van der Waals surface area (Å²) in [5.74, 6) is -0.727. The highest BCUT2D eigenvalue weighted by atomic mass is 16.2. The summed E-state index contributed by atoms with van der Waals surface area (Å²) >= 11 is 0. The minimum Gasteiger partial charge on any atom is -0.347 e. The van der Waals surface area contributed by atoms with Crippen molar-refractivity contribution in [1.29, 1.82) is 0 Å². The second kappa shape index (κ2) is 7.72. The topological polar surface area (TPSA) is 82.1 Å². The van der Waals surface area contributed by atoms with Gasteiger partial charge < -0.3 is 10.2 Å². The van der Waals surface area contributed by atoms with E-state index in [2.05, 4.69) is 10.4 Å². The van der Waals surface area contributed by atoms with E-state index < -0.39 is 11.9 Å². The second-order valence-corrected chi connectivity index (χ2v) is 5.91. The van der Waals surface area contributed by atoms with Gasteiger partial charge in [-0.2, -0.15) is 5.10 Å². The monoisotopic (exact) mass is 330 g/mol. The fourth-order valence-electron chi connectivity index (χ4n) is 2.44. The van der Waals surface area contributed by atoms with Crippen molar-refractivity contribution in [3.8, 4) is 0 Å². The van der Waals surface area contributed by atoms with Crippen LogP contribution >= 0.6 is 0 Å². The van der Waals surface area contributed by atoms with E-state index in [0.29, 0.717) is 6.42 Å². The zero-order valence-corrected chi connectivity index (χ0v) is 14.2. The van der Waals surface area contributed by atoms with Crippen LogP contribution in [0.4, 0.5) is 0 Å². The second-order valence-electron chi connectivity index (χ2n) is 5.91. The lowest BCUT2D eigenvalue weighted by Crippen LogP contribution is -2.50. The van der Waals surface area contributed by atoms with E-state index in [-0.39, 0.29) is 30.4 Å². The van der Waals surface area contributed by atoms with Crippen molar-refractivity contribution in [2.24, 2.45) is 5.10 Å². The van der Waals surface area contributed by atoms with Crippen LogP contribution in [0, 0.1) is 0 Å². The summed E-state index contributed by atoms with van der Waals surface area (Å²) in [5.41, 5.74) is 1.22. The smallest absolute Gasteiger partial charge is 0.268 e. The molecule has 1 aliphatic rings. The van der Waals surface area contributed by atoms with Gasteiger partial charge in [-0.1, -0.05) is 30.3 Å².